The van der Waals surface area contributed by atoms with Crippen LogP contribution in [0.2, 0.25) is 0 Å². The van der Waals surface area contributed by atoms with Crippen LogP contribution in [0, 0.1) is 0 Å². The van der Waals surface area contributed by atoms with Crippen LogP contribution in [0.5, 0.6) is 17.2 Å². The molecule has 9 heteroatoms. The van der Waals surface area contributed by atoms with Crippen molar-refractivity contribution in [2.24, 2.45) is 0 Å². The minimum absolute atomic E-state index is 0.0329. The number of fused-ring (bicyclic) bond motifs is 1. The van der Waals surface area contributed by atoms with Crippen molar-refractivity contribution in [1.82, 2.24) is 9.78 Å². The maximum Gasteiger partial charge on any atom is 0.249 e. The van der Waals surface area contributed by atoms with Crippen LogP contribution in [0.4, 0.5) is 11.5 Å². The normalized spacial score (nSPS) is 14.9. The summed E-state index contributed by atoms with van der Waals surface area (Å²) in [6, 6.07) is 11.7. The Bertz CT molecular complexity index is 1120. The summed E-state index contributed by atoms with van der Waals surface area (Å²) in [5.74, 6) is 1.60. The molecule has 0 bridgehead atoms. The molecule has 0 saturated carbocycles. The number of nitrogens with zero attached hydrogens (tertiary/aromatic N) is 2. The Kier molecular flexibility index (Phi) is 5.48. The van der Waals surface area contributed by atoms with E-state index in [0.29, 0.717) is 28.6 Å². The molecule has 0 spiro atoms. The molecule has 0 fully saturated rings. The summed E-state index contributed by atoms with van der Waals surface area (Å²) in [6.45, 7) is 0. The molecule has 0 unspecified atom stereocenters. The van der Waals surface area contributed by atoms with E-state index >= 15 is 0 Å². The lowest BCUT2D eigenvalue weighted by Gasteiger charge is -2.25. The van der Waals surface area contributed by atoms with E-state index in [0.717, 1.165) is 11.3 Å². The summed E-state index contributed by atoms with van der Waals surface area (Å²) < 4.78 is 17.3. The third-order valence-corrected chi connectivity index (χ3v) is 5.10. The first kappa shape index (κ1) is 20.3. The number of rotatable bonds is 6. The number of methoxy groups -OCH3 is 3. The van der Waals surface area contributed by atoms with Gasteiger partial charge in [0.1, 0.15) is 29.1 Å². The van der Waals surface area contributed by atoms with Gasteiger partial charge in [0.25, 0.3) is 0 Å². The smallest absolute Gasteiger partial charge is 0.249 e. The summed E-state index contributed by atoms with van der Waals surface area (Å²) >= 11 is 0. The number of hydrogen-bond donors (Lipinski definition) is 2. The maximum atomic E-state index is 13.1. The van der Waals surface area contributed by atoms with Crippen LogP contribution in [-0.4, -0.2) is 42.9 Å². The van der Waals surface area contributed by atoms with Crippen molar-refractivity contribution in [3.05, 3.63) is 48.7 Å². The Labute approximate surface area is 178 Å². The van der Waals surface area contributed by atoms with E-state index in [9.17, 15) is 9.59 Å². The van der Waals surface area contributed by atoms with Gasteiger partial charge in [0, 0.05) is 11.6 Å². The third kappa shape index (κ3) is 3.89. The molecule has 1 atom stereocenters. The van der Waals surface area contributed by atoms with Gasteiger partial charge in [-0.25, -0.2) is 4.68 Å². The highest BCUT2D eigenvalue weighted by Gasteiger charge is 2.33. The molecule has 2 heterocycles. The highest BCUT2D eigenvalue weighted by Crippen LogP contribution is 2.36. The molecule has 1 aromatic heterocycles. The van der Waals surface area contributed by atoms with Crippen molar-refractivity contribution in [3.8, 4) is 28.4 Å². The number of carbonyl (C=O) groups excluding carboxylic acids is 2. The number of anilines is 2. The van der Waals surface area contributed by atoms with E-state index in [1.807, 2.05) is 24.3 Å². The van der Waals surface area contributed by atoms with Crippen molar-refractivity contribution in [2.45, 2.75) is 12.5 Å². The number of aromatic nitrogens is 2. The first-order valence-corrected chi connectivity index (χ1v) is 9.58. The van der Waals surface area contributed by atoms with Gasteiger partial charge in [0.2, 0.25) is 11.8 Å². The molecular formula is C22H22N4O5. The average Bonchev–Trinajstić information content (AvgIpc) is 3.22. The molecule has 3 aromatic rings. The Morgan fingerprint density at radius 3 is 2.45 bits per heavy atom. The minimum atomic E-state index is -0.813. The second-order valence-corrected chi connectivity index (χ2v) is 6.90. The Balaban J connectivity index is 1.65. The monoisotopic (exact) mass is 422 g/mol. The lowest BCUT2D eigenvalue weighted by molar-refractivity contribution is -0.125. The van der Waals surface area contributed by atoms with Gasteiger partial charge in [-0.05, 0) is 29.8 Å². The van der Waals surface area contributed by atoms with Gasteiger partial charge < -0.3 is 24.8 Å². The Morgan fingerprint density at radius 1 is 1.06 bits per heavy atom. The van der Waals surface area contributed by atoms with E-state index in [2.05, 4.69) is 15.7 Å². The molecule has 0 aliphatic carbocycles. The first-order chi connectivity index (χ1) is 15.0. The van der Waals surface area contributed by atoms with Crippen LogP contribution in [0.25, 0.3) is 11.1 Å². The van der Waals surface area contributed by atoms with Gasteiger partial charge in [0.15, 0.2) is 0 Å². The minimum Gasteiger partial charge on any atom is -0.497 e. The molecule has 1 aliphatic heterocycles. The lowest BCUT2D eigenvalue weighted by atomic mass is 10.1. The summed E-state index contributed by atoms with van der Waals surface area (Å²) in [5.41, 5.74) is 2.01. The maximum absolute atomic E-state index is 13.1. The number of amides is 2. The van der Waals surface area contributed by atoms with Crippen molar-refractivity contribution in [2.75, 3.05) is 32.0 Å². The molecule has 160 valence electrons. The number of hydrogen-bond acceptors (Lipinski definition) is 6. The summed E-state index contributed by atoms with van der Waals surface area (Å²) in [7, 11) is 4.64. The van der Waals surface area contributed by atoms with Gasteiger partial charge in [0.05, 0.1) is 39.6 Å². The fourth-order valence-corrected chi connectivity index (χ4v) is 3.48. The molecule has 0 radical (unpaired) electrons. The van der Waals surface area contributed by atoms with Crippen LogP contribution in [0.1, 0.15) is 12.5 Å². The summed E-state index contributed by atoms with van der Waals surface area (Å²) in [5, 5.41) is 10.0. The molecule has 31 heavy (non-hydrogen) atoms. The lowest BCUT2D eigenvalue weighted by Crippen LogP contribution is -2.35. The molecule has 9 nitrogen and oxygen atoms in total. The highest BCUT2D eigenvalue weighted by molar-refractivity contribution is 6.03. The number of ether oxygens (including phenoxy) is 3. The van der Waals surface area contributed by atoms with Crippen molar-refractivity contribution in [1.29, 1.82) is 0 Å². The van der Waals surface area contributed by atoms with Crippen molar-refractivity contribution in [3.63, 3.8) is 0 Å². The van der Waals surface area contributed by atoms with E-state index in [1.54, 1.807) is 31.5 Å². The molecule has 2 amide bonds. The Morgan fingerprint density at radius 2 is 1.77 bits per heavy atom. The standard InChI is InChI=1S/C22H22N4O5/c1-29-14-6-4-13(5-7-14)16-12-23-26-18(11-20(27)25-21(16)26)22(28)24-17-10-15(30-2)8-9-19(17)31-3/h4-10,12,18H,11H2,1-3H3,(H,24,28)(H,25,27)/t18-/m0/s1. The van der Waals surface area contributed by atoms with Gasteiger partial charge in [-0.1, -0.05) is 12.1 Å². The van der Waals surface area contributed by atoms with E-state index < -0.39 is 6.04 Å². The molecule has 2 N–H and O–H groups in total. The largest absolute Gasteiger partial charge is 0.497 e. The topological polar surface area (TPSA) is 104 Å². The summed E-state index contributed by atoms with van der Waals surface area (Å²) in [4.78, 5) is 25.5. The van der Waals surface area contributed by atoms with Crippen LogP contribution >= 0.6 is 0 Å². The number of carbonyl (C=O) groups is 2. The number of nitrogens with one attached hydrogen (secondary N) is 2. The molecule has 4 rings (SSSR count). The fraction of sp³-hybridized carbons (Fsp3) is 0.227. The predicted molar refractivity (Wildman–Crippen MR) is 115 cm³/mol. The highest BCUT2D eigenvalue weighted by atomic mass is 16.5. The Hall–Kier alpha value is -4.01. The van der Waals surface area contributed by atoms with Gasteiger partial charge in [-0.3, -0.25) is 9.59 Å². The zero-order chi connectivity index (χ0) is 22.0. The van der Waals surface area contributed by atoms with Crippen LogP contribution in [0.3, 0.4) is 0 Å². The van der Waals surface area contributed by atoms with Gasteiger partial charge >= 0.3 is 0 Å². The van der Waals surface area contributed by atoms with Crippen LogP contribution in [-0.2, 0) is 9.59 Å². The first-order valence-electron chi connectivity index (χ1n) is 9.58. The van der Waals surface area contributed by atoms with Crippen LogP contribution < -0.4 is 24.8 Å². The van der Waals surface area contributed by atoms with Gasteiger partial charge in [-0.2, -0.15) is 5.10 Å². The number of benzene rings is 2. The zero-order valence-corrected chi connectivity index (χ0v) is 17.3. The van der Waals surface area contributed by atoms with Crippen molar-refractivity contribution >= 4 is 23.3 Å². The van der Waals surface area contributed by atoms with Crippen molar-refractivity contribution < 1.29 is 23.8 Å². The quantitative estimate of drug-likeness (QED) is 0.633. The summed E-state index contributed by atoms with van der Waals surface area (Å²) in [6.07, 6.45) is 1.60. The molecular weight excluding hydrogens is 400 g/mol. The van der Waals surface area contributed by atoms with Gasteiger partial charge in [-0.15, -0.1) is 0 Å². The second-order valence-electron chi connectivity index (χ2n) is 6.90. The van der Waals surface area contributed by atoms with Crippen LogP contribution in [0.15, 0.2) is 48.7 Å². The zero-order valence-electron chi connectivity index (χ0n) is 17.3. The van der Waals surface area contributed by atoms with E-state index in [-0.39, 0.29) is 18.2 Å². The second kappa shape index (κ2) is 8.39. The SMILES string of the molecule is COc1ccc(-c2cnn3c2NC(=O)C[C@H]3C(=O)Nc2cc(OC)ccc2OC)cc1. The predicted octanol–water partition coefficient (Wildman–Crippen LogP) is 3.10. The molecule has 1 aliphatic rings. The van der Waals surface area contributed by atoms with E-state index in [4.69, 9.17) is 14.2 Å². The molecule has 2 aromatic carbocycles. The van der Waals surface area contributed by atoms with E-state index in [1.165, 1.54) is 18.9 Å². The third-order valence-electron chi connectivity index (χ3n) is 5.10. The average molecular weight is 422 g/mol. The fourth-order valence-electron chi connectivity index (χ4n) is 3.48. The molecule has 0 saturated heterocycles.